The van der Waals surface area contributed by atoms with Crippen LogP contribution in [0.25, 0.3) is 0 Å². The monoisotopic (exact) mass is 294 g/mol. The number of carbonyl (C=O) groups excluding carboxylic acids is 2. The summed E-state index contributed by atoms with van der Waals surface area (Å²) in [6, 6.07) is 0. The second-order valence-corrected chi connectivity index (χ2v) is 8.05. The molecule has 118 valence electrons. The molecule has 0 aromatic heterocycles. The number of hydrogen-bond donors (Lipinski definition) is 0. The zero-order valence-corrected chi connectivity index (χ0v) is 13.6. The summed E-state index contributed by atoms with van der Waals surface area (Å²) in [5.41, 5.74) is -0.448. The van der Waals surface area contributed by atoms with E-state index in [-0.39, 0.29) is 41.2 Å². The van der Waals surface area contributed by atoms with Gasteiger partial charge in [0.2, 0.25) is 0 Å². The number of rotatable bonds is 4. The lowest BCUT2D eigenvalue weighted by Gasteiger charge is -2.38. The van der Waals surface area contributed by atoms with E-state index in [1.54, 1.807) is 0 Å². The molecule has 21 heavy (non-hydrogen) atoms. The molecule has 0 aromatic rings. The molecule has 2 saturated carbocycles. The number of ether oxygens (including phenoxy) is 2. The standard InChI is InChI=1S/C17H26O4/c1-6-16(2,3)8-10-9-7-11-13(10)21-15(19)17(11,4)12(9)14(18)20-5/h9-13H,6-8H2,1-5H3. The summed E-state index contributed by atoms with van der Waals surface area (Å²) < 4.78 is 10.7. The molecular weight excluding hydrogens is 268 g/mol. The van der Waals surface area contributed by atoms with Gasteiger partial charge in [-0.15, -0.1) is 0 Å². The Morgan fingerprint density at radius 3 is 2.71 bits per heavy atom. The number of esters is 2. The minimum absolute atomic E-state index is 0.0132. The largest absolute Gasteiger partial charge is 0.469 e. The molecule has 6 atom stereocenters. The molecule has 0 spiro atoms. The Morgan fingerprint density at radius 2 is 2.14 bits per heavy atom. The maximum Gasteiger partial charge on any atom is 0.313 e. The van der Waals surface area contributed by atoms with Crippen LogP contribution >= 0.6 is 0 Å². The van der Waals surface area contributed by atoms with Gasteiger partial charge in [-0.25, -0.2) is 0 Å². The lowest BCUT2D eigenvalue weighted by Crippen LogP contribution is -2.46. The molecule has 0 N–H and O–H groups in total. The summed E-state index contributed by atoms with van der Waals surface area (Å²) in [6.45, 7) is 8.60. The zero-order valence-electron chi connectivity index (χ0n) is 13.6. The number of fused-ring (bicyclic) bond motifs is 1. The first-order chi connectivity index (χ1) is 9.76. The predicted molar refractivity (Wildman–Crippen MR) is 77.3 cm³/mol. The highest BCUT2D eigenvalue weighted by Crippen LogP contribution is 2.68. The van der Waals surface area contributed by atoms with Crippen LogP contribution in [0.15, 0.2) is 0 Å². The Labute approximate surface area is 126 Å². The second-order valence-electron chi connectivity index (χ2n) is 8.05. The van der Waals surface area contributed by atoms with Crippen molar-refractivity contribution in [2.24, 2.45) is 34.5 Å². The van der Waals surface area contributed by atoms with Crippen molar-refractivity contribution in [2.45, 2.75) is 53.1 Å². The van der Waals surface area contributed by atoms with E-state index in [9.17, 15) is 9.59 Å². The van der Waals surface area contributed by atoms with E-state index < -0.39 is 5.41 Å². The van der Waals surface area contributed by atoms with Gasteiger partial charge in [0, 0.05) is 11.8 Å². The van der Waals surface area contributed by atoms with Crippen molar-refractivity contribution in [3.8, 4) is 0 Å². The van der Waals surface area contributed by atoms with Crippen molar-refractivity contribution in [3.05, 3.63) is 0 Å². The topological polar surface area (TPSA) is 52.6 Å². The van der Waals surface area contributed by atoms with Gasteiger partial charge >= 0.3 is 11.9 Å². The maximum atomic E-state index is 12.4. The van der Waals surface area contributed by atoms with E-state index in [1.165, 1.54) is 7.11 Å². The number of hydrogen-bond acceptors (Lipinski definition) is 4. The molecule has 2 bridgehead atoms. The normalized spacial score (nSPS) is 44.0. The number of carbonyl (C=O) groups is 2. The lowest BCUT2D eigenvalue weighted by molar-refractivity contribution is -0.159. The average Bonchev–Trinajstić information content (AvgIpc) is 2.98. The molecule has 1 saturated heterocycles. The molecule has 6 unspecified atom stereocenters. The highest BCUT2D eigenvalue weighted by molar-refractivity contribution is 5.89. The molecule has 0 amide bonds. The first kappa shape index (κ1) is 14.9. The minimum Gasteiger partial charge on any atom is -0.469 e. The summed E-state index contributed by atoms with van der Waals surface area (Å²) >= 11 is 0. The van der Waals surface area contributed by atoms with Gasteiger partial charge in [-0.1, -0.05) is 27.2 Å². The summed E-state index contributed by atoms with van der Waals surface area (Å²) in [4.78, 5) is 24.7. The molecule has 0 radical (unpaired) electrons. The van der Waals surface area contributed by atoms with Crippen LogP contribution in [0.3, 0.4) is 0 Å². The van der Waals surface area contributed by atoms with Crippen molar-refractivity contribution in [1.29, 1.82) is 0 Å². The van der Waals surface area contributed by atoms with Crippen molar-refractivity contribution in [3.63, 3.8) is 0 Å². The Hall–Kier alpha value is -1.06. The Kier molecular flexibility index (Phi) is 3.16. The van der Waals surface area contributed by atoms with E-state index in [0.29, 0.717) is 5.92 Å². The van der Waals surface area contributed by atoms with Crippen molar-refractivity contribution >= 4 is 11.9 Å². The molecule has 3 fully saturated rings. The van der Waals surface area contributed by atoms with Gasteiger partial charge in [0.05, 0.1) is 18.4 Å². The Balaban J connectivity index is 1.95. The fourth-order valence-electron chi connectivity index (χ4n) is 5.08. The van der Waals surface area contributed by atoms with E-state index in [0.717, 1.165) is 19.3 Å². The Morgan fingerprint density at radius 1 is 1.48 bits per heavy atom. The highest BCUT2D eigenvalue weighted by atomic mass is 16.6. The van der Waals surface area contributed by atoms with Gasteiger partial charge in [-0.05, 0) is 31.1 Å². The van der Waals surface area contributed by atoms with E-state index in [1.807, 2.05) is 6.92 Å². The summed E-state index contributed by atoms with van der Waals surface area (Å²) in [5, 5.41) is 0. The first-order valence-corrected chi connectivity index (χ1v) is 8.05. The van der Waals surface area contributed by atoms with E-state index >= 15 is 0 Å². The SMILES string of the molecule is CCC(C)(C)CC1C2CC3C1OC(=O)C3(C)C2C(=O)OC. The molecule has 0 aromatic carbocycles. The van der Waals surface area contributed by atoms with E-state index in [4.69, 9.17) is 9.47 Å². The maximum absolute atomic E-state index is 12.4. The number of methoxy groups -OCH3 is 1. The summed E-state index contributed by atoms with van der Waals surface area (Å²) in [5.74, 6) is -0.0229. The van der Waals surface area contributed by atoms with Crippen LogP contribution in [-0.2, 0) is 19.1 Å². The van der Waals surface area contributed by atoms with Gasteiger partial charge in [0.25, 0.3) is 0 Å². The molecular formula is C17H26O4. The van der Waals surface area contributed by atoms with Crippen LogP contribution in [0.1, 0.15) is 47.0 Å². The molecule has 2 aliphatic carbocycles. The van der Waals surface area contributed by atoms with Gasteiger partial charge in [0.15, 0.2) is 0 Å². The van der Waals surface area contributed by atoms with Crippen molar-refractivity contribution < 1.29 is 19.1 Å². The molecule has 4 nitrogen and oxygen atoms in total. The third-order valence-corrected chi connectivity index (χ3v) is 6.62. The molecule has 4 heteroatoms. The van der Waals surface area contributed by atoms with Crippen molar-refractivity contribution in [1.82, 2.24) is 0 Å². The van der Waals surface area contributed by atoms with Crippen LogP contribution in [0.2, 0.25) is 0 Å². The molecule has 1 aliphatic heterocycles. The minimum atomic E-state index is -0.657. The highest BCUT2D eigenvalue weighted by Gasteiger charge is 2.74. The smallest absolute Gasteiger partial charge is 0.313 e. The van der Waals surface area contributed by atoms with Gasteiger partial charge < -0.3 is 9.47 Å². The third kappa shape index (κ3) is 1.80. The fraction of sp³-hybridized carbons (Fsp3) is 0.882. The van der Waals surface area contributed by atoms with Crippen LogP contribution < -0.4 is 0 Å². The molecule has 1 heterocycles. The van der Waals surface area contributed by atoms with Crippen LogP contribution in [-0.4, -0.2) is 25.2 Å². The lowest BCUT2D eigenvalue weighted by atomic mass is 9.62. The second kappa shape index (κ2) is 4.47. The third-order valence-electron chi connectivity index (χ3n) is 6.62. The molecule has 3 aliphatic rings. The van der Waals surface area contributed by atoms with E-state index in [2.05, 4.69) is 20.8 Å². The van der Waals surface area contributed by atoms with Gasteiger partial charge in [-0.2, -0.15) is 0 Å². The van der Waals surface area contributed by atoms with Crippen molar-refractivity contribution in [2.75, 3.05) is 7.11 Å². The first-order valence-electron chi connectivity index (χ1n) is 8.05. The predicted octanol–water partition coefficient (Wildman–Crippen LogP) is 2.80. The average molecular weight is 294 g/mol. The zero-order chi connectivity index (χ0) is 15.6. The van der Waals surface area contributed by atoms with Gasteiger partial charge in [0.1, 0.15) is 6.10 Å². The summed E-state index contributed by atoms with van der Waals surface area (Å²) in [6.07, 6.45) is 3.03. The molecule has 3 rings (SSSR count). The fourth-order valence-corrected chi connectivity index (χ4v) is 5.08. The van der Waals surface area contributed by atoms with Gasteiger partial charge in [-0.3, -0.25) is 9.59 Å². The van der Waals surface area contributed by atoms with Crippen LogP contribution in [0, 0.1) is 34.5 Å². The Bertz CT molecular complexity index is 483. The quantitative estimate of drug-likeness (QED) is 0.748. The van der Waals surface area contributed by atoms with Crippen LogP contribution in [0.5, 0.6) is 0 Å². The van der Waals surface area contributed by atoms with Crippen LogP contribution in [0.4, 0.5) is 0 Å². The summed E-state index contributed by atoms with van der Waals surface area (Å²) in [7, 11) is 1.42.